The standard InChI is InChI=1S/C24H19ClF2N4O4/c1-33-19-10-13(11-20(34-2)21(19)35-3)23-29-22(24(32)28-15-6-4-14(26)5-7-15)30-31(23)16-8-9-18(27)17(25)12-16/h4-12H,1-3H3,(H,28,32). The summed E-state index contributed by atoms with van der Waals surface area (Å²) >= 11 is 5.98. The molecule has 180 valence electrons. The molecule has 0 saturated heterocycles. The number of hydrogen-bond donors (Lipinski definition) is 1. The van der Waals surface area contributed by atoms with E-state index in [-0.39, 0.29) is 16.7 Å². The number of carbonyl (C=O) groups excluding carboxylic acids is 1. The quantitative estimate of drug-likeness (QED) is 0.378. The van der Waals surface area contributed by atoms with E-state index in [0.717, 1.165) is 0 Å². The highest BCUT2D eigenvalue weighted by atomic mass is 35.5. The fraction of sp³-hybridized carbons (Fsp3) is 0.125. The molecule has 0 unspecified atom stereocenters. The van der Waals surface area contributed by atoms with Gasteiger partial charge >= 0.3 is 0 Å². The van der Waals surface area contributed by atoms with Gasteiger partial charge in [0.05, 0.1) is 32.0 Å². The predicted octanol–water partition coefficient (Wildman–Crippen LogP) is 5.14. The SMILES string of the molecule is COc1cc(-c2nc(C(=O)Nc3ccc(F)cc3)nn2-c2ccc(F)c(Cl)c2)cc(OC)c1OC. The molecule has 0 aliphatic carbocycles. The maximum absolute atomic E-state index is 13.8. The number of nitrogens with zero attached hydrogens (tertiary/aromatic N) is 3. The number of benzene rings is 3. The van der Waals surface area contributed by atoms with Gasteiger partial charge in [0, 0.05) is 11.3 Å². The van der Waals surface area contributed by atoms with Gasteiger partial charge in [0.15, 0.2) is 17.3 Å². The van der Waals surface area contributed by atoms with E-state index in [9.17, 15) is 13.6 Å². The molecule has 0 spiro atoms. The minimum atomic E-state index is -0.641. The molecule has 11 heteroatoms. The molecule has 1 heterocycles. The van der Waals surface area contributed by atoms with Crippen LogP contribution in [0.4, 0.5) is 14.5 Å². The summed E-state index contributed by atoms with van der Waals surface area (Å²) in [6, 6.07) is 12.5. The second kappa shape index (κ2) is 9.98. The van der Waals surface area contributed by atoms with Crippen molar-refractivity contribution in [2.45, 2.75) is 0 Å². The molecule has 0 bridgehead atoms. The topological polar surface area (TPSA) is 87.5 Å². The number of nitrogens with one attached hydrogen (secondary N) is 1. The molecule has 1 N–H and O–H groups in total. The van der Waals surface area contributed by atoms with Crippen LogP contribution in [-0.2, 0) is 0 Å². The Labute approximate surface area is 204 Å². The van der Waals surface area contributed by atoms with Crippen LogP contribution in [0, 0.1) is 11.6 Å². The van der Waals surface area contributed by atoms with E-state index in [0.29, 0.717) is 34.2 Å². The minimum Gasteiger partial charge on any atom is -0.493 e. The number of carbonyl (C=O) groups is 1. The number of methoxy groups -OCH3 is 3. The van der Waals surface area contributed by atoms with Crippen molar-refractivity contribution in [1.82, 2.24) is 14.8 Å². The average Bonchev–Trinajstić information content (AvgIpc) is 3.32. The van der Waals surface area contributed by atoms with Gasteiger partial charge in [-0.05, 0) is 54.6 Å². The Hall–Kier alpha value is -4.18. The molecule has 0 fully saturated rings. The summed E-state index contributed by atoms with van der Waals surface area (Å²) in [7, 11) is 4.40. The summed E-state index contributed by atoms with van der Waals surface area (Å²) in [6.45, 7) is 0. The Balaban J connectivity index is 1.85. The van der Waals surface area contributed by atoms with Crippen LogP contribution in [0.3, 0.4) is 0 Å². The molecule has 1 aromatic heterocycles. The first-order valence-electron chi connectivity index (χ1n) is 10.1. The van der Waals surface area contributed by atoms with Crippen molar-refractivity contribution in [2.24, 2.45) is 0 Å². The van der Waals surface area contributed by atoms with Crippen LogP contribution in [0.1, 0.15) is 10.6 Å². The zero-order valence-corrected chi connectivity index (χ0v) is 19.6. The van der Waals surface area contributed by atoms with Crippen LogP contribution >= 0.6 is 11.6 Å². The van der Waals surface area contributed by atoms with Gasteiger partial charge in [-0.1, -0.05) is 11.6 Å². The van der Waals surface area contributed by atoms with Crippen molar-refractivity contribution in [3.8, 4) is 34.3 Å². The maximum atomic E-state index is 13.8. The summed E-state index contributed by atoms with van der Waals surface area (Å²) in [5, 5.41) is 6.80. The maximum Gasteiger partial charge on any atom is 0.295 e. The largest absolute Gasteiger partial charge is 0.493 e. The van der Waals surface area contributed by atoms with Gasteiger partial charge in [0.2, 0.25) is 11.6 Å². The first-order chi connectivity index (χ1) is 16.8. The highest BCUT2D eigenvalue weighted by Gasteiger charge is 2.23. The fourth-order valence-corrected chi connectivity index (χ4v) is 3.50. The van der Waals surface area contributed by atoms with Crippen LogP contribution in [0.15, 0.2) is 54.6 Å². The molecule has 0 aliphatic heterocycles. The lowest BCUT2D eigenvalue weighted by Gasteiger charge is -2.14. The summed E-state index contributed by atoms with van der Waals surface area (Å²) in [4.78, 5) is 17.3. The van der Waals surface area contributed by atoms with Gasteiger partial charge in [-0.15, -0.1) is 5.10 Å². The molecule has 4 rings (SSSR count). The van der Waals surface area contributed by atoms with Gasteiger partial charge < -0.3 is 19.5 Å². The van der Waals surface area contributed by atoms with Crippen molar-refractivity contribution in [1.29, 1.82) is 0 Å². The number of anilines is 1. The monoisotopic (exact) mass is 500 g/mol. The normalized spacial score (nSPS) is 10.7. The van der Waals surface area contributed by atoms with Gasteiger partial charge in [-0.2, -0.15) is 0 Å². The van der Waals surface area contributed by atoms with Crippen LogP contribution in [0.25, 0.3) is 17.1 Å². The molecule has 35 heavy (non-hydrogen) atoms. The first-order valence-corrected chi connectivity index (χ1v) is 10.5. The van der Waals surface area contributed by atoms with Crippen LogP contribution in [0.2, 0.25) is 5.02 Å². The van der Waals surface area contributed by atoms with Gasteiger partial charge in [-0.3, -0.25) is 4.79 Å². The molecule has 0 radical (unpaired) electrons. The lowest BCUT2D eigenvalue weighted by molar-refractivity contribution is 0.101. The second-order valence-electron chi connectivity index (χ2n) is 7.14. The number of ether oxygens (including phenoxy) is 3. The summed E-state index contributed by atoms with van der Waals surface area (Å²) < 4.78 is 44.6. The van der Waals surface area contributed by atoms with Gasteiger partial charge in [0.25, 0.3) is 5.91 Å². The zero-order valence-electron chi connectivity index (χ0n) is 18.8. The van der Waals surface area contributed by atoms with Crippen molar-refractivity contribution >= 4 is 23.2 Å². The number of halogens is 3. The van der Waals surface area contributed by atoms with E-state index in [1.807, 2.05) is 0 Å². The van der Waals surface area contributed by atoms with E-state index < -0.39 is 17.5 Å². The van der Waals surface area contributed by atoms with Crippen LogP contribution in [-0.4, -0.2) is 42.0 Å². The van der Waals surface area contributed by atoms with Crippen LogP contribution in [0.5, 0.6) is 17.2 Å². The van der Waals surface area contributed by atoms with Gasteiger partial charge in [0.1, 0.15) is 11.6 Å². The van der Waals surface area contributed by atoms with E-state index in [2.05, 4.69) is 15.4 Å². The first kappa shape index (κ1) is 24.0. The average molecular weight is 501 g/mol. The Bertz CT molecular complexity index is 1370. The Morgan fingerprint density at radius 3 is 2.17 bits per heavy atom. The fourth-order valence-electron chi connectivity index (χ4n) is 3.32. The van der Waals surface area contributed by atoms with Crippen molar-refractivity contribution in [2.75, 3.05) is 26.6 Å². The molecule has 1 amide bonds. The molecule has 4 aromatic rings. The highest BCUT2D eigenvalue weighted by molar-refractivity contribution is 6.30. The third-order valence-electron chi connectivity index (χ3n) is 4.98. The predicted molar refractivity (Wildman–Crippen MR) is 126 cm³/mol. The highest BCUT2D eigenvalue weighted by Crippen LogP contribution is 2.41. The van der Waals surface area contributed by atoms with E-state index in [4.69, 9.17) is 25.8 Å². The summed E-state index contributed by atoms with van der Waals surface area (Å²) in [5.41, 5.74) is 1.17. The molecule has 0 aliphatic rings. The minimum absolute atomic E-state index is 0.133. The number of rotatable bonds is 7. The molecule has 8 nitrogen and oxygen atoms in total. The number of hydrogen-bond acceptors (Lipinski definition) is 6. The van der Waals surface area contributed by atoms with E-state index in [1.165, 1.54) is 68.5 Å². The summed E-state index contributed by atoms with van der Waals surface area (Å²) in [6.07, 6.45) is 0. The van der Waals surface area contributed by atoms with E-state index in [1.54, 1.807) is 12.1 Å². The van der Waals surface area contributed by atoms with Crippen molar-refractivity contribution in [3.05, 3.63) is 77.1 Å². The third-order valence-corrected chi connectivity index (χ3v) is 5.27. The third kappa shape index (κ3) is 4.87. The Morgan fingerprint density at radius 2 is 1.60 bits per heavy atom. The number of aromatic nitrogens is 3. The van der Waals surface area contributed by atoms with Crippen LogP contribution < -0.4 is 19.5 Å². The zero-order chi connectivity index (χ0) is 25.1. The molecular weight excluding hydrogens is 482 g/mol. The molecule has 0 atom stereocenters. The lowest BCUT2D eigenvalue weighted by atomic mass is 10.1. The van der Waals surface area contributed by atoms with Crippen molar-refractivity contribution in [3.63, 3.8) is 0 Å². The Morgan fingerprint density at radius 1 is 0.943 bits per heavy atom. The van der Waals surface area contributed by atoms with E-state index >= 15 is 0 Å². The van der Waals surface area contributed by atoms with Gasteiger partial charge in [-0.25, -0.2) is 18.4 Å². The Kier molecular flexibility index (Phi) is 6.83. The molecule has 0 saturated carbocycles. The smallest absolute Gasteiger partial charge is 0.295 e. The molecule has 3 aromatic carbocycles. The lowest BCUT2D eigenvalue weighted by Crippen LogP contribution is -2.14. The second-order valence-corrected chi connectivity index (χ2v) is 7.55. The van der Waals surface area contributed by atoms with Crippen molar-refractivity contribution < 1.29 is 27.8 Å². The summed E-state index contributed by atoms with van der Waals surface area (Å²) in [5.74, 6) is -0.602. The number of amides is 1. The molecular formula is C24H19ClF2N4O4.